The maximum absolute atomic E-state index is 11.9. The molecule has 0 saturated carbocycles. The van der Waals surface area contributed by atoms with Crippen molar-refractivity contribution in [3.8, 4) is 0 Å². The number of nitrogens with zero attached hydrogens (tertiary/aromatic N) is 3. The Morgan fingerprint density at radius 1 is 0.952 bits per heavy atom. The second kappa shape index (κ2) is 7.98. The largest absolute Gasteiger partial charge is 0.465 e. The van der Waals surface area contributed by atoms with Crippen LogP contribution in [-0.2, 0) is 25.5 Å². The van der Waals surface area contributed by atoms with Crippen molar-refractivity contribution < 1.29 is 28.6 Å². The maximum Gasteiger partial charge on any atom is 0.361 e. The van der Waals surface area contributed by atoms with Gasteiger partial charge >= 0.3 is 17.9 Å². The summed E-state index contributed by atoms with van der Waals surface area (Å²) in [5.41, 5.74) is -0.525. The minimum absolute atomic E-state index is 0.103. The number of carbonyl (C=O) groups is 3. The average Bonchev–Trinajstić information content (AvgIpc) is 2.83. The number of carbonyl (C=O) groups excluding carboxylic acids is 3. The Hall–Kier alpha value is -2.45. The summed E-state index contributed by atoms with van der Waals surface area (Å²) < 4.78 is 15.3. The lowest BCUT2D eigenvalue weighted by molar-refractivity contribution is -0.144. The molecule has 0 radical (unpaired) electrons. The lowest BCUT2D eigenvalue weighted by Gasteiger charge is -2.06. The maximum atomic E-state index is 11.9. The molecule has 9 nitrogen and oxygen atoms in total. The van der Waals surface area contributed by atoms with Crippen molar-refractivity contribution in [2.75, 3.05) is 19.8 Å². The minimum atomic E-state index is -0.810. The minimum Gasteiger partial charge on any atom is -0.465 e. The zero-order chi connectivity index (χ0) is 15.8. The highest BCUT2D eigenvalue weighted by Crippen LogP contribution is 2.10. The predicted molar refractivity (Wildman–Crippen MR) is 68.6 cm³/mol. The van der Waals surface area contributed by atoms with Crippen molar-refractivity contribution in [1.29, 1.82) is 0 Å². The van der Waals surface area contributed by atoms with Gasteiger partial charge < -0.3 is 14.2 Å². The predicted octanol–water partition coefficient (Wildman–Crippen LogP) is 0.195. The molecule has 0 aliphatic heterocycles. The molecule has 0 atom stereocenters. The second-order valence-electron chi connectivity index (χ2n) is 3.69. The van der Waals surface area contributed by atoms with E-state index in [0.717, 1.165) is 4.68 Å². The molecule has 0 unspecified atom stereocenters. The molecule has 0 aliphatic rings. The molecule has 0 fully saturated rings. The average molecular weight is 299 g/mol. The van der Waals surface area contributed by atoms with E-state index in [4.69, 9.17) is 14.2 Å². The molecule has 1 rings (SSSR count). The van der Waals surface area contributed by atoms with Crippen molar-refractivity contribution in [3.05, 3.63) is 11.4 Å². The van der Waals surface area contributed by atoms with Gasteiger partial charge in [0.25, 0.3) is 0 Å². The topological polar surface area (TPSA) is 110 Å². The lowest BCUT2D eigenvalue weighted by Crippen LogP contribution is -2.22. The van der Waals surface area contributed by atoms with Crippen molar-refractivity contribution in [2.45, 2.75) is 27.3 Å². The quantitative estimate of drug-likeness (QED) is 0.518. The van der Waals surface area contributed by atoms with Gasteiger partial charge in [-0.15, -0.1) is 5.10 Å². The fraction of sp³-hybridized carbons (Fsp3) is 0.583. The van der Waals surface area contributed by atoms with Crippen LogP contribution >= 0.6 is 0 Å². The Morgan fingerprint density at radius 2 is 1.52 bits per heavy atom. The molecular formula is C12H17N3O6. The zero-order valence-corrected chi connectivity index (χ0v) is 12.1. The Morgan fingerprint density at radius 3 is 2.10 bits per heavy atom. The van der Waals surface area contributed by atoms with E-state index < -0.39 is 17.9 Å². The third-order valence-corrected chi connectivity index (χ3v) is 2.26. The van der Waals surface area contributed by atoms with Crippen LogP contribution in [0.1, 0.15) is 41.7 Å². The molecule has 0 N–H and O–H groups in total. The highest BCUT2D eigenvalue weighted by molar-refractivity contribution is 6.00. The van der Waals surface area contributed by atoms with Gasteiger partial charge in [-0.1, -0.05) is 5.21 Å². The van der Waals surface area contributed by atoms with Gasteiger partial charge in [-0.2, -0.15) is 0 Å². The molecule has 1 aromatic rings. The van der Waals surface area contributed by atoms with E-state index in [1.807, 2.05) is 0 Å². The number of hydrogen-bond donors (Lipinski definition) is 0. The van der Waals surface area contributed by atoms with Gasteiger partial charge in [0.05, 0.1) is 19.8 Å². The summed E-state index contributed by atoms with van der Waals surface area (Å²) in [5, 5.41) is 7.19. The van der Waals surface area contributed by atoms with E-state index >= 15 is 0 Å². The van der Waals surface area contributed by atoms with E-state index in [-0.39, 0.29) is 37.8 Å². The van der Waals surface area contributed by atoms with Crippen molar-refractivity contribution in [3.63, 3.8) is 0 Å². The highest BCUT2D eigenvalue weighted by Gasteiger charge is 2.28. The zero-order valence-electron chi connectivity index (χ0n) is 12.1. The Labute approximate surface area is 121 Å². The number of hydrogen-bond acceptors (Lipinski definition) is 8. The van der Waals surface area contributed by atoms with Crippen LogP contribution in [-0.4, -0.2) is 52.7 Å². The molecule has 0 bridgehead atoms. The van der Waals surface area contributed by atoms with Gasteiger partial charge in [-0.3, -0.25) is 4.79 Å². The van der Waals surface area contributed by atoms with E-state index in [1.165, 1.54) is 0 Å². The highest BCUT2D eigenvalue weighted by atomic mass is 16.5. The first-order chi connectivity index (χ1) is 10.0. The van der Waals surface area contributed by atoms with Crippen LogP contribution in [0.5, 0.6) is 0 Å². The van der Waals surface area contributed by atoms with E-state index in [1.54, 1.807) is 20.8 Å². The van der Waals surface area contributed by atoms with Crippen LogP contribution in [0, 0.1) is 0 Å². The normalized spacial score (nSPS) is 10.0. The molecule has 9 heteroatoms. The molecule has 0 aliphatic carbocycles. The monoisotopic (exact) mass is 299 g/mol. The first kappa shape index (κ1) is 16.6. The summed E-state index contributed by atoms with van der Waals surface area (Å²) >= 11 is 0. The number of esters is 3. The fourth-order valence-electron chi connectivity index (χ4n) is 1.49. The molecule has 0 spiro atoms. The summed E-state index contributed by atoms with van der Waals surface area (Å²) in [5.74, 6) is -2.23. The van der Waals surface area contributed by atoms with Crippen LogP contribution in [0.4, 0.5) is 0 Å². The summed E-state index contributed by atoms with van der Waals surface area (Å²) in [6.07, 6.45) is 0. The van der Waals surface area contributed by atoms with Gasteiger partial charge in [0.15, 0.2) is 5.69 Å². The Bertz CT molecular complexity index is 525. The van der Waals surface area contributed by atoms with E-state index in [2.05, 4.69) is 10.3 Å². The standard InChI is InChI=1S/C12H17N3O6/c1-4-19-8(16)7-15-10(12(18)21-6-3)9(13-14-15)11(17)20-5-2/h4-7H2,1-3H3. The molecule has 21 heavy (non-hydrogen) atoms. The van der Waals surface area contributed by atoms with Crippen LogP contribution in [0.25, 0.3) is 0 Å². The van der Waals surface area contributed by atoms with Gasteiger partial charge in [0.1, 0.15) is 6.54 Å². The number of ether oxygens (including phenoxy) is 3. The summed E-state index contributed by atoms with van der Waals surface area (Å²) in [7, 11) is 0. The number of aromatic nitrogens is 3. The van der Waals surface area contributed by atoms with Gasteiger partial charge in [-0.05, 0) is 20.8 Å². The van der Waals surface area contributed by atoms with Gasteiger partial charge in [-0.25, -0.2) is 14.3 Å². The van der Waals surface area contributed by atoms with Crippen LogP contribution in [0.2, 0.25) is 0 Å². The third kappa shape index (κ3) is 4.26. The fourth-order valence-corrected chi connectivity index (χ4v) is 1.49. The second-order valence-corrected chi connectivity index (χ2v) is 3.69. The Balaban J connectivity index is 3.10. The molecular weight excluding hydrogens is 282 g/mol. The Kier molecular flexibility index (Phi) is 6.31. The molecule has 1 heterocycles. The lowest BCUT2D eigenvalue weighted by atomic mass is 10.3. The van der Waals surface area contributed by atoms with E-state index in [0.29, 0.717) is 0 Å². The first-order valence-corrected chi connectivity index (χ1v) is 6.48. The number of rotatable bonds is 7. The molecule has 0 amide bonds. The summed E-state index contributed by atoms with van der Waals surface area (Å²) in [6.45, 7) is 4.93. The van der Waals surface area contributed by atoms with Crippen LogP contribution in [0.3, 0.4) is 0 Å². The third-order valence-electron chi connectivity index (χ3n) is 2.26. The molecule has 0 aromatic carbocycles. The smallest absolute Gasteiger partial charge is 0.361 e. The van der Waals surface area contributed by atoms with Gasteiger partial charge in [0.2, 0.25) is 5.69 Å². The van der Waals surface area contributed by atoms with Crippen LogP contribution in [0.15, 0.2) is 0 Å². The summed E-state index contributed by atoms with van der Waals surface area (Å²) in [6, 6.07) is 0. The van der Waals surface area contributed by atoms with Crippen molar-refractivity contribution in [1.82, 2.24) is 15.0 Å². The first-order valence-electron chi connectivity index (χ1n) is 6.48. The van der Waals surface area contributed by atoms with Crippen LogP contribution < -0.4 is 0 Å². The van der Waals surface area contributed by atoms with E-state index in [9.17, 15) is 14.4 Å². The van der Waals surface area contributed by atoms with Gasteiger partial charge in [0, 0.05) is 0 Å². The SMILES string of the molecule is CCOC(=O)Cn1nnc(C(=O)OCC)c1C(=O)OCC. The summed E-state index contributed by atoms with van der Waals surface area (Å²) in [4.78, 5) is 35.1. The van der Waals surface area contributed by atoms with Crippen molar-refractivity contribution in [2.24, 2.45) is 0 Å². The molecule has 0 saturated heterocycles. The molecule has 1 aromatic heterocycles. The molecule has 116 valence electrons. The van der Waals surface area contributed by atoms with Crippen molar-refractivity contribution >= 4 is 17.9 Å².